The molecule has 0 aliphatic rings. The number of halogens is 2. The summed E-state index contributed by atoms with van der Waals surface area (Å²) in [6.07, 6.45) is 0. The third-order valence-electron chi connectivity index (χ3n) is 3.80. The highest BCUT2D eigenvalue weighted by Crippen LogP contribution is 2.29. The summed E-state index contributed by atoms with van der Waals surface area (Å²) in [4.78, 5) is 12.5. The number of nitriles is 1. The number of benzene rings is 2. The molecule has 0 bridgehead atoms. The molecule has 8 heteroatoms. The van der Waals surface area contributed by atoms with E-state index in [1.807, 2.05) is 6.07 Å². The molecule has 2 rings (SSSR count). The Morgan fingerprint density at radius 3 is 2.43 bits per heavy atom. The lowest BCUT2D eigenvalue weighted by Gasteiger charge is -2.25. The van der Waals surface area contributed by atoms with Crippen molar-refractivity contribution in [2.45, 2.75) is 32.6 Å². The molecule has 0 atom stereocenters. The van der Waals surface area contributed by atoms with Gasteiger partial charge in [-0.2, -0.15) is 14.0 Å². The van der Waals surface area contributed by atoms with E-state index in [2.05, 4.69) is 10.1 Å². The van der Waals surface area contributed by atoms with E-state index < -0.39 is 12.2 Å². The Morgan fingerprint density at radius 1 is 1.18 bits per heavy atom. The van der Waals surface area contributed by atoms with Gasteiger partial charge in [-0.1, -0.05) is 6.07 Å². The van der Waals surface area contributed by atoms with Gasteiger partial charge in [0, 0.05) is 6.54 Å². The fourth-order valence-electron chi connectivity index (χ4n) is 2.35. The summed E-state index contributed by atoms with van der Waals surface area (Å²) < 4.78 is 39.9. The van der Waals surface area contributed by atoms with Crippen molar-refractivity contribution in [1.82, 2.24) is 5.32 Å². The number of alkyl halides is 2. The van der Waals surface area contributed by atoms with Gasteiger partial charge in [0.2, 0.25) is 0 Å². The van der Waals surface area contributed by atoms with Crippen LogP contribution >= 0.6 is 0 Å². The second-order valence-corrected chi connectivity index (χ2v) is 6.29. The zero-order chi connectivity index (χ0) is 20.7. The minimum Gasteiger partial charge on any atom is -0.493 e. The van der Waals surface area contributed by atoms with E-state index in [4.69, 9.17) is 14.7 Å². The standard InChI is InChI=1S/C20H20F2N2O4/c1-20(2,28-15-7-4-13(11-23)5-8-15)18(25)24-12-14-6-9-16(27-19(21)22)17(10-14)26-3/h4-10,19H,12H2,1-3H3,(H,24,25). The van der Waals surface area contributed by atoms with Crippen LogP contribution in [-0.4, -0.2) is 25.2 Å². The molecule has 6 nitrogen and oxygen atoms in total. The average molecular weight is 390 g/mol. The van der Waals surface area contributed by atoms with Crippen molar-refractivity contribution < 1.29 is 27.8 Å². The van der Waals surface area contributed by atoms with Gasteiger partial charge in [0.1, 0.15) is 5.75 Å². The molecule has 28 heavy (non-hydrogen) atoms. The van der Waals surface area contributed by atoms with E-state index in [9.17, 15) is 13.6 Å². The first-order valence-electron chi connectivity index (χ1n) is 8.34. The van der Waals surface area contributed by atoms with Crippen LogP contribution in [0.4, 0.5) is 8.78 Å². The van der Waals surface area contributed by atoms with Crippen LogP contribution < -0.4 is 19.5 Å². The second-order valence-electron chi connectivity index (χ2n) is 6.29. The van der Waals surface area contributed by atoms with Crippen molar-refractivity contribution in [3.63, 3.8) is 0 Å². The Hall–Kier alpha value is -3.34. The maximum Gasteiger partial charge on any atom is 0.387 e. The first-order chi connectivity index (χ1) is 13.2. The van der Waals surface area contributed by atoms with Crippen molar-refractivity contribution in [2.24, 2.45) is 0 Å². The molecule has 1 N–H and O–H groups in total. The lowest BCUT2D eigenvalue weighted by Crippen LogP contribution is -2.46. The highest BCUT2D eigenvalue weighted by Gasteiger charge is 2.29. The molecule has 0 fully saturated rings. The number of nitrogens with one attached hydrogen (secondary N) is 1. The molecule has 2 aromatic carbocycles. The van der Waals surface area contributed by atoms with Crippen LogP contribution in [0, 0.1) is 11.3 Å². The number of hydrogen-bond acceptors (Lipinski definition) is 5. The molecule has 0 heterocycles. The minimum atomic E-state index is -2.96. The van der Waals surface area contributed by atoms with E-state index in [-0.39, 0.29) is 24.0 Å². The molecular formula is C20H20F2N2O4. The second kappa shape index (κ2) is 9.04. The van der Waals surface area contributed by atoms with Gasteiger partial charge < -0.3 is 19.5 Å². The van der Waals surface area contributed by atoms with Crippen LogP contribution in [0.15, 0.2) is 42.5 Å². The van der Waals surface area contributed by atoms with Gasteiger partial charge in [-0.05, 0) is 55.8 Å². The average Bonchev–Trinajstić information content (AvgIpc) is 2.66. The third-order valence-corrected chi connectivity index (χ3v) is 3.80. The van der Waals surface area contributed by atoms with Crippen molar-refractivity contribution >= 4 is 5.91 Å². The number of ether oxygens (including phenoxy) is 3. The number of rotatable bonds is 8. The Bertz CT molecular complexity index is 861. The Morgan fingerprint density at radius 2 is 1.86 bits per heavy atom. The Kier molecular flexibility index (Phi) is 6.77. The molecule has 0 spiro atoms. The van der Waals surface area contributed by atoms with Crippen molar-refractivity contribution in [3.8, 4) is 23.3 Å². The molecule has 148 valence electrons. The summed E-state index contributed by atoms with van der Waals surface area (Å²) >= 11 is 0. The smallest absolute Gasteiger partial charge is 0.387 e. The predicted molar refractivity (Wildman–Crippen MR) is 97.3 cm³/mol. The molecule has 2 aromatic rings. The summed E-state index contributed by atoms with van der Waals surface area (Å²) in [5, 5.41) is 11.5. The number of hydrogen-bond donors (Lipinski definition) is 1. The van der Waals surface area contributed by atoms with Crippen molar-refractivity contribution in [2.75, 3.05) is 7.11 Å². The molecule has 0 radical (unpaired) electrons. The molecule has 0 unspecified atom stereocenters. The fourth-order valence-corrected chi connectivity index (χ4v) is 2.35. The largest absolute Gasteiger partial charge is 0.493 e. The monoisotopic (exact) mass is 390 g/mol. The van der Waals surface area contributed by atoms with E-state index in [0.717, 1.165) is 0 Å². The lowest BCUT2D eigenvalue weighted by atomic mass is 10.1. The number of carbonyl (C=O) groups is 1. The van der Waals surface area contributed by atoms with E-state index in [1.165, 1.54) is 19.2 Å². The van der Waals surface area contributed by atoms with Gasteiger partial charge in [0.15, 0.2) is 17.1 Å². The van der Waals surface area contributed by atoms with Gasteiger partial charge >= 0.3 is 6.61 Å². The number of amides is 1. The van der Waals surface area contributed by atoms with E-state index >= 15 is 0 Å². The van der Waals surface area contributed by atoms with Crippen LogP contribution in [0.5, 0.6) is 17.2 Å². The maximum absolute atomic E-state index is 12.5. The number of carbonyl (C=O) groups excluding carboxylic acids is 1. The summed E-state index contributed by atoms with van der Waals surface area (Å²) in [6, 6.07) is 12.8. The molecule has 1 amide bonds. The van der Waals surface area contributed by atoms with Gasteiger partial charge in [0.25, 0.3) is 5.91 Å². The quantitative estimate of drug-likeness (QED) is 0.744. The molecule has 0 saturated heterocycles. The first kappa shape index (κ1) is 21.0. The molecule has 0 aliphatic heterocycles. The molecule has 0 aromatic heterocycles. The van der Waals surface area contributed by atoms with Crippen LogP contribution in [0.2, 0.25) is 0 Å². The summed E-state index contributed by atoms with van der Waals surface area (Å²) in [5.41, 5.74) is -0.0411. The Balaban J connectivity index is 2.00. The van der Waals surface area contributed by atoms with Gasteiger partial charge in [-0.15, -0.1) is 0 Å². The van der Waals surface area contributed by atoms with Crippen LogP contribution in [-0.2, 0) is 11.3 Å². The summed E-state index contributed by atoms with van der Waals surface area (Å²) in [5.74, 6) is 0.134. The topological polar surface area (TPSA) is 80.6 Å². The fraction of sp³-hybridized carbons (Fsp3) is 0.300. The SMILES string of the molecule is COc1cc(CNC(=O)C(C)(C)Oc2ccc(C#N)cc2)ccc1OC(F)F. The number of nitrogens with zero attached hydrogens (tertiary/aromatic N) is 1. The minimum absolute atomic E-state index is 0.0861. The van der Waals surface area contributed by atoms with E-state index in [0.29, 0.717) is 16.9 Å². The van der Waals surface area contributed by atoms with Gasteiger partial charge in [0.05, 0.1) is 18.7 Å². The van der Waals surface area contributed by atoms with Crippen LogP contribution in [0.25, 0.3) is 0 Å². The lowest BCUT2D eigenvalue weighted by molar-refractivity contribution is -0.134. The maximum atomic E-state index is 12.5. The zero-order valence-corrected chi connectivity index (χ0v) is 15.7. The van der Waals surface area contributed by atoms with Crippen molar-refractivity contribution in [1.29, 1.82) is 5.26 Å². The molecular weight excluding hydrogens is 370 g/mol. The normalized spacial score (nSPS) is 10.9. The van der Waals surface area contributed by atoms with E-state index in [1.54, 1.807) is 44.2 Å². The zero-order valence-electron chi connectivity index (χ0n) is 15.7. The molecule has 0 saturated carbocycles. The highest BCUT2D eigenvalue weighted by molar-refractivity contribution is 5.84. The van der Waals surface area contributed by atoms with Crippen LogP contribution in [0.1, 0.15) is 25.0 Å². The number of methoxy groups -OCH3 is 1. The van der Waals surface area contributed by atoms with Crippen molar-refractivity contribution in [3.05, 3.63) is 53.6 Å². The van der Waals surface area contributed by atoms with Gasteiger partial charge in [-0.3, -0.25) is 4.79 Å². The van der Waals surface area contributed by atoms with Gasteiger partial charge in [-0.25, -0.2) is 0 Å². The first-order valence-corrected chi connectivity index (χ1v) is 8.34. The Labute approximate surface area is 161 Å². The predicted octanol–water partition coefficient (Wildman–Crippen LogP) is 3.64. The summed E-state index contributed by atoms with van der Waals surface area (Å²) in [6.45, 7) is 0.408. The third kappa shape index (κ3) is 5.58. The highest BCUT2D eigenvalue weighted by atomic mass is 19.3. The molecule has 0 aliphatic carbocycles. The van der Waals surface area contributed by atoms with Crippen LogP contribution in [0.3, 0.4) is 0 Å². The summed E-state index contributed by atoms with van der Waals surface area (Å²) in [7, 11) is 1.34.